The summed E-state index contributed by atoms with van der Waals surface area (Å²) in [6.07, 6.45) is 4.78. The molecule has 14 heteroatoms. The van der Waals surface area contributed by atoms with Crippen molar-refractivity contribution >= 4 is 92.5 Å². The molecule has 226 valence electrons. The van der Waals surface area contributed by atoms with Crippen molar-refractivity contribution in [3.8, 4) is 5.75 Å². The van der Waals surface area contributed by atoms with E-state index in [1.807, 2.05) is 23.6 Å². The molecule has 2 aromatic heterocycles. The Morgan fingerprint density at radius 3 is 2.53 bits per heavy atom. The minimum absolute atomic E-state index is 0. The minimum atomic E-state index is -0.448. The Bertz CT molecular complexity index is 1680. The molecule has 2 aromatic carbocycles. The number of urea groups is 1. The first-order valence-electron chi connectivity index (χ1n) is 12.6. The molecular weight excluding hydrogens is 683 g/mol. The summed E-state index contributed by atoms with van der Waals surface area (Å²) in [4.78, 5) is 42.5. The smallest absolute Gasteiger partial charge is 0.318 e. The van der Waals surface area contributed by atoms with Crippen LogP contribution in [0.3, 0.4) is 0 Å². The summed E-state index contributed by atoms with van der Waals surface area (Å²) in [6.45, 7) is 1.67. The lowest BCUT2D eigenvalue weighted by Crippen LogP contribution is -2.37. The number of nitrogens with one attached hydrogen (secondary N) is 3. The number of aryl methyl sites for hydroxylation is 1. The molecule has 0 atom stereocenters. The summed E-state index contributed by atoms with van der Waals surface area (Å²) >= 11 is 16.6. The van der Waals surface area contributed by atoms with E-state index in [0.717, 1.165) is 15.9 Å². The molecule has 0 aliphatic carbocycles. The van der Waals surface area contributed by atoms with Crippen molar-refractivity contribution in [2.24, 2.45) is 0 Å². The number of ether oxygens (including phenoxy) is 1. The number of hydrogen-bond acceptors (Lipinski definition) is 5. The van der Waals surface area contributed by atoms with Gasteiger partial charge in [-0.3, -0.25) is 14.0 Å². The Morgan fingerprint density at radius 2 is 1.84 bits per heavy atom. The molecule has 0 spiro atoms. The maximum atomic E-state index is 12.9. The Labute approximate surface area is 272 Å². The number of amides is 4. The van der Waals surface area contributed by atoms with Crippen LogP contribution in [0.1, 0.15) is 16.8 Å². The van der Waals surface area contributed by atoms with Crippen LogP contribution in [0, 0.1) is 6.92 Å². The van der Waals surface area contributed by atoms with E-state index in [2.05, 4.69) is 36.9 Å². The van der Waals surface area contributed by atoms with Crippen LogP contribution in [0.5, 0.6) is 5.75 Å². The summed E-state index contributed by atoms with van der Waals surface area (Å²) < 4.78 is 8.73. The van der Waals surface area contributed by atoms with Gasteiger partial charge in [0.1, 0.15) is 11.2 Å². The number of fused-ring (bicyclic) bond motifs is 1. The highest BCUT2D eigenvalue weighted by Gasteiger charge is 2.20. The molecule has 0 saturated heterocycles. The number of carbonyl (C=O) groups is 3. The SMILES string of the molecule is CNC(=O)Nc1ccc(C=CC(=O)NCC(=O)N(C)c2ccc(Cl)c(COc3cccn4c(Br)c(C)nc34)c2Cl)cc1.Cl. The van der Waals surface area contributed by atoms with E-state index in [1.165, 1.54) is 18.0 Å². The van der Waals surface area contributed by atoms with E-state index in [0.29, 0.717) is 33.4 Å². The first-order chi connectivity index (χ1) is 20.1. The number of nitrogens with zero attached hydrogens (tertiary/aromatic N) is 3. The molecule has 0 saturated carbocycles. The van der Waals surface area contributed by atoms with Crippen molar-refractivity contribution in [1.29, 1.82) is 0 Å². The standard InChI is InChI=1S/C29H27BrCl2N6O4.ClH/c1-17-27(30)38-14-4-5-23(28(38)35-17)42-16-20-21(31)11-12-22(26(20)32)37(3)25(40)15-34-24(39)13-8-18-6-9-19(10-7-18)36-29(41)33-2;/h4-14H,15-16H2,1-3H3,(H,34,39)(H2,33,36,41);1H. The second-order valence-electron chi connectivity index (χ2n) is 9.03. The van der Waals surface area contributed by atoms with Gasteiger partial charge in [-0.15, -0.1) is 12.4 Å². The molecular formula is C29H28BrCl3N6O4. The number of halogens is 4. The molecule has 4 aromatic rings. The molecule has 0 unspecified atom stereocenters. The molecule has 0 bridgehead atoms. The summed E-state index contributed by atoms with van der Waals surface area (Å²) in [5.41, 5.74) is 3.72. The predicted molar refractivity (Wildman–Crippen MR) is 176 cm³/mol. The maximum Gasteiger partial charge on any atom is 0.318 e. The van der Waals surface area contributed by atoms with Crippen molar-refractivity contribution in [2.75, 3.05) is 30.9 Å². The average Bonchev–Trinajstić information content (AvgIpc) is 3.28. The molecule has 43 heavy (non-hydrogen) atoms. The normalized spacial score (nSPS) is 10.7. The Kier molecular flexibility index (Phi) is 11.8. The zero-order valence-corrected chi connectivity index (χ0v) is 27.2. The number of carbonyl (C=O) groups excluding carboxylic acids is 3. The Balaban J connectivity index is 0.00000506. The van der Waals surface area contributed by atoms with E-state index in [4.69, 9.17) is 27.9 Å². The van der Waals surface area contributed by atoms with Crippen LogP contribution in [-0.2, 0) is 16.2 Å². The largest absolute Gasteiger partial charge is 0.485 e. The molecule has 0 aliphatic rings. The fourth-order valence-corrected chi connectivity index (χ4v) is 4.87. The minimum Gasteiger partial charge on any atom is -0.485 e. The third-order valence-electron chi connectivity index (χ3n) is 6.22. The number of benzene rings is 2. The summed E-state index contributed by atoms with van der Waals surface area (Å²) in [7, 11) is 3.08. The molecule has 3 N–H and O–H groups in total. The van der Waals surface area contributed by atoms with E-state index >= 15 is 0 Å². The van der Waals surface area contributed by atoms with Gasteiger partial charge >= 0.3 is 6.03 Å². The quantitative estimate of drug-likeness (QED) is 0.178. The third-order valence-corrected chi connectivity index (χ3v) is 7.96. The molecule has 4 rings (SSSR count). The second kappa shape index (κ2) is 15.1. The number of hydrogen-bond donors (Lipinski definition) is 3. The highest BCUT2D eigenvalue weighted by molar-refractivity contribution is 9.10. The fourth-order valence-electron chi connectivity index (χ4n) is 3.88. The number of pyridine rings is 1. The van der Waals surface area contributed by atoms with Crippen LogP contribution in [-0.4, -0.2) is 47.9 Å². The zero-order valence-electron chi connectivity index (χ0n) is 23.3. The van der Waals surface area contributed by atoms with E-state index in [9.17, 15) is 14.4 Å². The first-order valence-corrected chi connectivity index (χ1v) is 14.2. The third kappa shape index (κ3) is 8.20. The van der Waals surface area contributed by atoms with Gasteiger partial charge in [0.2, 0.25) is 11.8 Å². The Morgan fingerprint density at radius 1 is 1.12 bits per heavy atom. The van der Waals surface area contributed by atoms with Gasteiger partial charge < -0.3 is 25.6 Å². The lowest BCUT2D eigenvalue weighted by atomic mass is 10.2. The van der Waals surface area contributed by atoms with Gasteiger partial charge in [0.15, 0.2) is 11.4 Å². The van der Waals surface area contributed by atoms with Crippen molar-refractivity contribution in [3.63, 3.8) is 0 Å². The van der Waals surface area contributed by atoms with E-state index in [-0.39, 0.29) is 42.5 Å². The van der Waals surface area contributed by atoms with Crippen molar-refractivity contribution in [3.05, 3.63) is 92.3 Å². The van der Waals surface area contributed by atoms with Gasteiger partial charge in [-0.2, -0.15) is 0 Å². The van der Waals surface area contributed by atoms with Gasteiger partial charge in [0.05, 0.1) is 22.9 Å². The maximum absolute atomic E-state index is 12.9. The van der Waals surface area contributed by atoms with Crippen LogP contribution < -0.4 is 25.6 Å². The predicted octanol–water partition coefficient (Wildman–Crippen LogP) is 6.26. The highest BCUT2D eigenvalue weighted by Crippen LogP contribution is 2.35. The summed E-state index contributed by atoms with van der Waals surface area (Å²) in [5, 5.41) is 8.33. The number of rotatable bonds is 9. The van der Waals surface area contributed by atoms with Crippen molar-refractivity contribution in [1.82, 2.24) is 20.0 Å². The van der Waals surface area contributed by atoms with Crippen LogP contribution in [0.15, 0.2) is 65.4 Å². The lowest BCUT2D eigenvalue weighted by molar-refractivity contribution is -0.122. The molecule has 4 amide bonds. The average molecular weight is 711 g/mol. The van der Waals surface area contributed by atoms with Crippen LogP contribution in [0.4, 0.5) is 16.2 Å². The van der Waals surface area contributed by atoms with Crippen molar-refractivity contribution < 1.29 is 19.1 Å². The number of anilines is 2. The number of aromatic nitrogens is 2. The van der Waals surface area contributed by atoms with Crippen LogP contribution in [0.25, 0.3) is 11.7 Å². The summed E-state index contributed by atoms with van der Waals surface area (Å²) in [5.74, 6) is -0.295. The van der Waals surface area contributed by atoms with Crippen LogP contribution in [0.2, 0.25) is 10.0 Å². The molecule has 0 radical (unpaired) electrons. The molecule has 0 aliphatic heterocycles. The zero-order chi connectivity index (χ0) is 30.4. The first kappa shape index (κ1) is 33.7. The lowest BCUT2D eigenvalue weighted by Gasteiger charge is -2.21. The van der Waals surface area contributed by atoms with Gasteiger partial charge in [-0.1, -0.05) is 35.3 Å². The summed E-state index contributed by atoms with van der Waals surface area (Å²) in [6, 6.07) is 13.5. The molecule has 0 fully saturated rings. The van der Waals surface area contributed by atoms with E-state index in [1.54, 1.807) is 55.6 Å². The monoisotopic (exact) mass is 708 g/mol. The van der Waals surface area contributed by atoms with Gasteiger partial charge in [0, 0.05) is 42.6 Å². The fraction of sp³-hybridized carbons (Fsp3) is 0.172. The highest BCUT2D eigenvalue weighted by atomic mass is 79.9. The number of imidazole rings is 1. The number of likely N-dealkylation sites (N-methyl/N-ethyl adjacent to an activating group) is 1. The van der Waals surface area contributed by atoms with Crippen LogP contribution >= 0.6 is 51.5 Å². The van der Waals surface area contributed by atoms with Gasteiger partial charge in [0.25, 0.3) is 0 Å². The van der Waals surface area contributed by atoms with Gasteiger partial charge in [-0.25, -0.2) is 9.78 Å². The van der Waals surface area contributed by atoms with E-state index < -0.39 is 5.91 Å². The second-order valence-corrected chi connectivity index (χ2v) is 10.6. The van der Waals surface area contributed by atoms with Gasteiger partial charge in [-0.05, 0) is 70.9 Å². The Hall–Kier alpha value is -3.77. The topological polar surface area (TPSA) is 117 Å². The van der Waals surface area contributed by atoms with Crippen molar-refractivity contribution in [2.45, 2.75) is 13.5 Å². The molecule has 10 nitrogen and oxygen atoms in total. The molecule has 2 heterocycles.